The molecule has 1 rings (SSSR count). The Morgan fingerprint density at radius 2 is 2.42 bits per heavy atom. The zero-order chi connectivity index (χ0) is 8.97. The third-order valence-corrected chi connectivity index (χ3v) is 2.30. The fourth-order valence-electron chi connectivity index (χ4n) is 1.74. The van der Waals surface area contributed by atoms with E-state index in [0.717, 1.165) is 32.3 Å². The van der Waals surface area contributed by atoms with Gasteiger partial charge in [0.2, 0.25) is 6.41 Å². The fourth-order valence-corrected chi connectivity index (χ4v) is 1.74. The molecule has 70 valence electrons. The van der Waals surface area contributed by atoms with Gasteiger partial charge < -0.3 is 5.32 Å². The predicted octanol–water partition coefficient (Wildman–Crippen LogP) is -0.293. The summed E-state index contributed by atoms with van der Waals surface area (Å²) in [5.74, 6) is 6.27. The van der Waals surface area contributed by atoms with Gasteiger partial charge in [-0.15, -0.1) is 0 Å². The second-order valence-corrected chi connectivity index (χ2v) is 3.61. The smallest absolute Gasteiger partial charge is 0.207 e. The highest BCUT2D eigenvalue weighted by atomic mass is 16.1. The number of hydrogen-bond acceptors (Lipinski definition) is 3. The minimum absolute atomic E-state index is 0.311. The number of amides is 1. The van der Waals surface area contributed by atoms with Crippen LogP contribution in [0.3, 0.4) is 0 Å². The summed E-state index contributed by atoms with van der Waals surface area (Å²) in [5.41, 5.74) is 0. The summed E-state index contributed by atoms with van der Waals surface area (Å²) in [6.45, 7) is 3.96. The monoisotopic (exact) mass is 171 g/mol. The number of carbonyl (C=O) groups excluding carboxylic acids is 1. The number of rotatable bonds is 2. The molecular formula is C8H17N3O. The first-order valence-electron chi connectivity index (χ1n) is 4.41. The lowest BCUT2D eigenvalue weighted by Crippen LogP contribution is -2.34. The molecule has 0 radical (unpaired) electrons. The van der Waals surface area contributed by atoms with Crippen molar-refractivity contribution >= 4 is 6.41 Å². The molecule has 1 heterocycles. The standard InChI is InChI=1S/C8H17N3O/c1-7-4-8(10-6-12)2-3-11(9)5-7/h6-8H,2-5,9H2,1H3,(H,10,12). The van der Waals surface area contributed by atoms with Crippen LogP contribution in [0.1, 0.15) is 19.8 Å². The zero-order valence-electron chi connectivity index (χ0n) is 7.49. The average Bonchev–Trinajstić information content (AvgIpc) is 2.13. The van der Waals surface area contributed by atoms with Crippen LogP contribution < -0.4 is 11.2 Å². The molecule has 4 nitrogen and oxygen atoms in total. The fraction of sp³-hybridized carbons (Fsp3) is 0.875. The van der Waals surface area contributed by atoms with Crippen molar-refractivity contribution in [3.63, 3.8) is 0 Å². The number of nitrogens with zero attached hydrogens (tertiary/aromatic N) is 1. The molecule has 12 heavy (non-hydrogen) atoms. The van der Waals surface area contributed by atoms with Gasteiger partial charge in [-0.1, -0.05) is 6.92 Å². The third-order valence-electron chi connectivity index (χ3n) is 2.30. The first-order chi connectivity index (χ1) is 5.72. The van der Waals surface area contributed by atoms with Crippen molar-refractivity contribution in [1.29, 1.82) is 0 Å². The Morgan fingerprint density at radius 1 is 1.67 bits per heavy atom. The maximum Gasteiger partial charge on any atom is 0.207 e. The van der Waals surface area contributed by atoms with E-state index >= 15 is 0 Å². The molecule has 1 saturated heterocycles. The molecule has 1 fully saturated rings. The van der Waals surface area contributed by atoms with E-state index in [9.17, 15) is 4.79 Å². The topological polar surface area (TPSA) is 58.4 Å². The number of carbonyl (C=O) groups is 1. The largest absolute Gasteiger partial charge is 0.356 e. The summed E-state index contributed by atoms with van der Waals surface area (Å²) in [6, 6.07) is 0.311. The van der Waals surface area contributed by atoms with E-state index < -0.39 is 0 Å². The van der Waals surface area contributed by atoms with E-state index in [-0.39, 0.29) is 0 Å². The maximum absolute atomic E-state index is 10.2. The summed E-state index contributed by atoms with van der Waals surface area (Å²) in [6.07, 6.45) is 2.77. The van der Waals surface area contributed by atoms with Crippen LogP contribution in [0.15, 0.2) is 0 Å². The van der Waals surface area contributed by atoms with E-state index in [1.165, 1.54) is 0 Å². The molecular weight excluding hydrogens is 154 g/mol. The van der Waals surface area contributed by atoms with Gasteiger partial charge in [0.05, 0.1) is 0 Å². The first kappa shape index (κ1) is 9.48. The van der Waals surface area contributed by atoms with Gasteiger partial charge in [0.25, 0.3) is 0 Å². The van der Waals surface area contributed by atoms with Crippen LogP contribution in [0.4, 0.5) is 0 Å². The first-order valence-corrected chi connectivity index (χ1v) is 4.41. The quantitative estimate of drug-likeness (QED) is 0.443. The third kappa shape index (κ3) is 2.79. The Morgan fingerprint density at radius 3 is 3.08 bits per heavy atom. The minimum Gasteiger partial charge on any atom is -0.356 e. The van der Waals surface area contributed by atoms with Gasteiger partial charge in [0.1, 0.15) is 0 Å². The van der Waals surface area contributed by atoms with Crippen LogP contribution in [0, 0.1) is 5.92 Å². The molecule has 0 spiro atoms. The van der Waals surface area contributed by atoms with E-state index in [1.807, 2.05) is 5.01 Å². The average molecular weight is 171 g/mol. The van der Waals surface area contributed by atoms with Gasteiger partial charge >= 0.3 is 0 Å². The van der Waals surface area contributed by atoms with Crippen LogP contribution in [0.5, 0.6) is 0 Å². The molecule has 1 aliphatic rings. The van der Waals surface area contributed by atoms with E-state index in [0.29, 0.717) is 12.0 Å². The second-order valence-electron chi connectivity index (χ2n) is 3.61. The van der Waals surface area contributed by atoms with E-state index in [4.69, 9.17) is 5.84 Å². The van der Waals surface area contributed by atoms with Crippen molar-refractivity contribution in [2.24, 2.45) is 11.8 Å². The van der Waals surface area contributed by atoms with Crippen molar-refractivity contribution in [3.05, 3.63) is 0 Å². The molecule has 0 saturated carbocycles. The lowest BCUT2D eigenvalue weighted by Gasteiger charge is -2.15. The Labute approximate surface area is 73.1 Å². The molecule has 3 N–H and O–H groups in total. The molecule has 0 aliphatic carbocycles. The molecule has 2 atom stereocenters. The normalized spacial score (nSPS) is 32.5. The highest BCUT2D eigenvalue weighted by Gasteiger charge is 2.19. The van der Waals surface area contributed by atoms with Gasteiger partial charge in [-0.25, -0.2) is 5.01 Å². The lowest BCUT2D eigenvalue weighted by atomic mass is 10.0. The predicted molar refractivity (Wildman–Crippen MR) is 47.1 cm³/mol. The van der Waals surface area contributed by atoms with Crippen LogP contribution in [-0.2, 0) is 4.79 Å². The van der Waals surface area contributed by atoms with Crippen LogP contribution in [0.25, 0.3) is 0 Å². The van der Waals surface area contributed by atoms with E-state index in [2.05, 4.69) is 12.2 Å². The van der Waals surface area contributed by atoms with Crippen molar-refractivity contribution < 1.29 is 4.79 Å². The zero-order valence-corrected chi connectivity index (χ0v) is 7.49. The Hall–Kier alpha value is -0.610. The molecule has 0 bridgehead atoms. The summed E-state index contributed by atoms with van der Waals surface area (Å²) in [4.78, 5) is 10.2. The molecule has 2 unspecified atom stereocenters. The van der Waals surface area contributed by atoms with Crippen molar-refractivity contribution in [3.8, 4) is 0 Å². The molecule has 0 aromatic heterocycles. The molecule has 4 heteroatoms. The SMILES string of the molecule is CC1CC(NC=O)CCN(N)C1. The number of hydrogen-bond donors (Lipinski definition) is 2. The Balaban J connectivity index is 2.40. The van der Waals surface area contributed by atoms with E-state index in [1.54, 1.807) is 0 Å². The van der Waals surface area contributed by atoms with Gasteiger partial charge in [0.15, 0.2) is 0 Å². The molecule has 0 aromatic rings. The van der Waals surface area contributed by atoms with Crippen molar-refractivity contribution in [2.75, 3.05) is 13.1 Å². The Kier molecular flexibility index (Phi) is 3.49. The molecule has 0 aromatic carbocycles. The Bertz CT molecular complexity index is 151. The van der Waals surface area contributed by atoms with Crippen molar-refractivity contribution in [1.82, 2.24) is 10.3 Å². The van der Waals surface area contributed by atoms with Gasteiger partial charge in [-0.05, 0) is 18.8 Å². The molecule has 1 aliphatic heterocycles. The summed E-state index contributed by atoms with van der Waals surface area (Å²) in [5, 5.41) is 4.64. The minimum atomic E-state index is 0.311. The van der Waals surface area contributed by atoms with Crippen LogP contribution in [-0.4, -0.2) is 30.6 Å². The summed E-state index contributed by atoms with van der Waals surface area (Å²) >= 11 is 0. The maximum atomic E-state index is 10.2. The molecule has 1 amide bonds. The summed E-state index contributed by atoms with van der Waals surface area (Å²) in [7, 11) is 0. The highest BCUT2D eigenvalue weighted by Crippen LogP contribution is 2.13. The summed E-state index contributed by atoms with van der Waals surface area (Å²) < 4.78 is 0. The van der Waals surface area contributed by atoms with Crippen molar-refractivity contribution in [2.45, 2.75) is 25.8 Å². The number of nitrogens with two attached hydrogens (primary N) is 1. The highest BCUT2D eigenvalue weighted by molar-refractivity contribution is 5.46. The lowest BCUT2D eigenvalue weighted by molar-refractivity contribution is -0.110. The van der Waals surface area contributed by atoms with Gasteiger partial charge in [-0.2, -0.15) is 0 Å². The van der Waals surface area contributed by atoms with Gasteiger partial charge in [0, 0.05) is 19.1 Å². The van der Waals surface area contributed by atoms with Crippen LogP contribution in [0.2, 0.25) is 0 Å². The number of hydrazine groups is 1. The second kappa shape index (κ2) is 4.42. The van der Waals surface area contributed by atoms with Crippen LogP contribution >= 0.6 is 0 Å². The number of nitrogens with one attached hydrogen (secondary N) is 1. The van der Waals surface area contributed by atoms with Gasteiger partial charge in [-0.3, -0.25) is 10.6 Å².